The first-order chi connectivity index (χ1) is 9.46. The van der Waals surface area contributed by atoms with Gasteiger partial charge in [-0.2, -0.15) is 0 Å². The van der Waals surface area contributed by atoms with Gasteiger partial charge < -0.3 is 19.5 Å². The van der Waals surface area contributed by atoms with Crippen LogP contribution in [0, 0.1) is 5.92 Å². The number of carbonyl (C=O) groups is 1. The summed E-state index contributed by atoms with van der Waals surface area (Å²) in [5, 5.41) is 2.86. The Morgan fingerprint density at radius 2 is 1.80 bits per heavy atom. The molecular formula is C14H20BrNO4. The summed E-state index contributed by atoms with van der Waals surface area (Å²) in [6.45, 7) is 4.66. The fourth-order valence-corrected chi connectivity index (χ4v) is 2.31. The van der Waals surface area contributed by atoms with Gasteiger partial charge in [-0.1, -0.05) is 13.8 Å². The Labute approximate surface area is 127 Å². The molecule has 5 nitrogen and oxygen atoms in total. The third-order valence-electron chi connectivity index (χ3n) is 2.68. The predicted molar refractivity (Wildman–Crippen MR) is 81.0 cm³/mol. The number of hydrogen-bond donors (Lipinski definition) is 1. The number of amides is 1. The van der Waals surface area contributed by atoms with E-state index in [1.165, 1.54) is 21.3 Å². The molecule has 1 rings (SSSR count). The lowest BCUT2D eigenvalue weighted by Crippen LogP contribution is -2.27. The van der Waals surface area contributed by atoms with E-state index in [2.05, 4.69) is 21.2 Å². The van der Waals surface area contributed by atoms with Crippen LogP contribution >= 0.6 is 15.9 Å². The van der Waals surface area contributed by atoms with Gasteiger partial charge in [-0.25, -0.2) is 0 Å². The second-order valence-corrected chi connectivity index (χ2v) is 5.40. The van der Waals surface area contributed by atoms with Crippen LogP contribution in [0.4, 0.5) is 0 Å². The van der Waals surface area contributed by atoms with E-state index in [1.54, 1.807) is 6.07 Å². The van der Waals surface area contributed by atoms with Crippen LogP contribution in [-0.2, 0) is 0 Å². The summed E-state index contributed by atoms with van der Waals surface area (Å²) in [7, 11) is 4.55. The van der Waals surface area contributed by atoms with Gasteiger partial charge in [0.05, 0.1) is 31.4 Å². The van der Waals surface area contributed by atoms with Crippen molar-refractivity contribution < 1.29 is 19.0 Å². The molecule has 0 fully saturated rings. The maximum Gasteiger partial charge on any atom is 0.252 e. The molecule has 1 aromatic carbocycles. The molecule has 0 aliphatic rings. The van der Waals surface area contributed by atoms with Gasteiger partial charge in [-0.05, 0) is 27.9 Å². The largest absolute Gasteiger partial charge is 0.493 e. The van der Waals surface area contributed by atoms with Crippen molar-refractivity contribution in [3.63, 3.8) is 0 Å². The van der Waals surface area contributed by atoms with Crippen LogP contribution in [0.2, 0.25) is 0 Å². The average Bonchev–Trinajstić information content (AvgIpc) is 2.43. The van der Waals surface area contributed by atoms with Crippen LogP contribution < -0.4 is 19.5 Å². The molecule has 0 bridgehead atoms. The lowest BCUT2D eigenvalue weighted by molar-refractivity contribution is 0.0947. The first-order valence-corrected chi connectivity index (χ1v) is 7.02. The molecule has 0 aliphatic carbocycles. The van der Waals surface area contributed by atoms with Crippen molar-refractivity contribution in [2.45, 2.75) is 13.8 Å². The van der Waals surface area contributed by atoms with Crippen molar-refractivity contribution in [2.75, 3.05) is 27.9 Å². The lowest BCUT2D eigenvalue weighted by atomic mass is 10.1. The smallest absolute Gasteiger partial charge is 0.252 e. The van der Waals surface area contributed by atoms with E-state index >= 15 is 0 Å². The molecule has 1 N–H and O–H groups in total. The fraction of sp³-hybridized carbons (Fsp3) is 0.500. The van der Waals surface area contributed by atoms with Gasteiger partial charge in [-0.3, -0.25) is 4.79 Å². The topological polar surface area (TPSA) is 56.8 Å². The number of halogens is 1. The van der Waals surface area contributed by atoms with Crippen LogP contribution in [0.25, 0.3) is 0 Å². The van der Waals surface area contributed by atoms with Crippen LogP contribution in [0.15, 0.2) is 10.5 Å². The number of methoxy groups -OCH3 is 3. The summed E-state index contributed by atoms with van der Waals surface area (Å²) >= 11 is 3.38. The highest BCUT2D eigenvalue weighted by Crippen LogP contribution is 2.44. The van der Waals surface area contributed by atoms with Crippen molar-refractivity contribution in [3.05, 3.63) is 16.1 Å². The molecule has 0 spiro atoms. The molecule has 0 unspecified atom stereocenters. The standard InChI is InChI=1S/C14H20BrNO4/c1-8(2)7-16-14(17)9-6-10(18-3)12(19-4)13(20-5)11(9)15/h6,8H,7H2,1-5H3,(H,16,17). The molecule has 6 heteroatoms. The van der Waals surface area contributed by atoms with Gasteiger partial charge in [0.25, 0.3) is 5.91 Å². The summed E-state index contributed by atoms with van der Waals surface area (Å²) in [6, 6.07) is 1.63. The molecule has 112 valence electrons. The van der Waals surface area contributed by atoms with E-state index in [0.29, 0.717) is 39.7 Å². The second-order valence-electron chi connectivity index (χ2n) is 4.61. The van der Waals surface area contributed by atoms with E-state index in [-0.39, 0.29) is 5.91 Å². The monoisotopic (exact) mass is 345 g/mol. The number of ether oxygens (including phenoxy) is 3. The van der Waals surface area contributed by atoms with E-state index in [9.17, 15) is 4.79 Å². The van der Waals surface area contributed by atoms with Gasteiger partial charge in [0.15, 0.2) is 11.5 Å². The molecule has 1 aromatic rings. The quantitative estimate of drug-likeness (QED) is 0.861. The van der Waals surface area contributed by atoms with E-state index in [1.807, 2.05) is 13.8 Å². The Balaban J connectivity index is 3.23. The summed E-state index contributed by atoms with van der Waals surface area (Å²) in [6.07, 6.45) is 0. The molecule has 1 amide bonds. The molecule has 0 saturated carbocycles. The molecule has 20 heavy (non-hydrogen) atoms. The zero-order valence-corrected chi connectivity index (χ0v) is 14.0. The Bertz CT molecular complexity index is 489. The minimum absolute atomic E-state index is 0.190. The number of hydrogen-bond acceptors (Lipinski definition) is 4. The zero-order chi connectivity index (χ0) is 15.3. The van der Waals surface area contributed by atoms with E-state index in [4.69, 9.17) is 14.2 Å². The minimum Gasteiger partial charge on any atom is -0.493 e. The zero-order valence-electron chi connectivity index (χ0n) is 12.4. The van der Waals surface area contributed by atoms with Gasteiger partial charge in [0.1, 0.15) is 0 Å². The fourth-order valence-electron chi connectivity index (χ4n) is 1.68. The number of carbonyl (C=O) groups excluding carboxylic acids is 1. The molecule has 0 atom stereocenters. The summed E-state index contributed by atoms with van der Waals surface area (Å²) in [5.74, 6) is 1.51. The number of benzene rings is 1. The highest BCUT2D eigenvalue weighted by Gasteiger charge is 2.22. The number of rotatable bonds is 6. The first-order valence-electron chi connectivity index (χ1n) is 6.22. The molecule has 0 aromatic heterocycles. The molecule has 0 heterocycles. The van der Waals surface area contributed by atoms with Gasteiger partial charge >= 0.3 is 0 Å². The minimum atomic E-state index is -0.190. The average molecular weight is 346 g/mol. The van der Waals surface area contributed by atoms with Crippen molar-refractivity contribution in [2.24, 2.45) is 5.92 Å². The Morgan fingerprint density at radius 1 is 1.20 bits per heavy atom. The van der Waals surface area contributed by atoms with Crippen LogP contribution in [0.3, 0.4) is 0 Å². The predicted octanol–water partition coefficient (Wildman–Crippen LogP) is 2.86. The van der Waals surface area contributed by atoms with Gasteiger partial charge in [-0.15, -0.1) is 0 Å². The maximum atomic E-state index is 12.2. The summed E-state index contributed by atoms with van der Waals surface area (Å²) in [4.78, 5) is 12.2. The third kappa shape index (κ3) is 3.56. The lowest BCUT2D eigenvalue weighted by Gasteiger charge is -2.16. The Morgan fingerprint density at radius 3 is 2.25 bits per heavy atom. The molecule has 0 radical (unpaired) electrons. The Hall–Kier alpha value is -1.43. The van der Waals surface area contributed by atoms with E-state index < -0.39 is 0 Å². The maximum absolute atomic E-state index is 12.2. The van der Waals surface area contributed by atoms with Crippen molar-refractivity contribution in [1.29, 1.82) is 0 Å². The van der Waals surface area contributed by atoms with Crippen molar-refractivity contribution in [3.8, 4) is 17.2 Å². The summed E-state index contributed by atoms with van der Waals surface area (Å²) < 4.78 is 16.3. The SMILES string of the molecule is COc1cc(C(=O)NCC(C)C)c(Br)c(OC)c1OC. The van der Waals surface area contributed by atoms with Gasteiger partial charge in [0.2, 0.25) is 5.75 Å². The molecule has 0 saturated heterocycles. The molecular weight excluding hydrogens is 326 g/mol. The first kappa shape index (κ1) is 16.6. The van der Waals surface area contributed by atoms with Crippen molar-refractivity contribution >= 4 is 21.8 Å². The highest BCUT2D eigenvalue weighted by atomic mass is 79.9. The number of nitrogens with one attached hydrogen (secondary N) is 1. The normalized spacial score (nSPS) is 10.3. The van der Waals surface area contributed by atoms with Crippen LogP contribution in [0.5, 0.6) is 17.2 Å². The summed E-state index contributed by atoms with van der Waals surface area (Å²) in [5.41, 5.74) is 0.445. The third-order valence-corrected chi connectivity index (χ3v) is 3.47. The van der Waals surface area contributed by atoms with Gasteiger partial charge in [0, 0.05) is 6.54 Å². The second kappa shape index (κ2) is 7.38. The Kier molecular flexibility index (Phi) is 6.13. The van der Waals surface area contributed by atoms with Crippen LogP contribution in [-0.4, -0.2) is 33.8 Å². The van der Waals surface area contributed by atoms with Crippen molar-refractivity contribution in [1.82, 2.24) is 5.32 Å². The molecule has 0 aliphatic heterocycles. The van der Waals surface area contributed by atoms with E-state index in [0.717, 1.165) is 0 Å². The highest BCUT2D eigenvalue weighted by molar-refractivity contribution is 9.10. The van der Waals surface area contributed by atoms with Crippen LogP contribution in [0.1, 0.15) is 24.2 Å².